The number of rotatable bonds is 11. The second kappa shape index (κ2) is 11.5. The Bertz CT molecular complexity index is 328. The Morgan fingerprint density at radius 1 is 1.25 bits per heavy atom. The van der Waals surface area contributed by atoms with E-state index in [0.717, 1.165) is 32.1 Å². The summed E-state index contributed by atoms with van der Waals surface area (Å²) in [7, 11) is 1.46. The number of esters is 1. The molecular formula is C18H30O2. The van der Waals surface area contributed by atoms with Gasteiger partial charge >= 0.3 is 5.97 Å². The topological polar surface area (TPSA) is 26.3 Å². The van der Waals surface area contributed by atoms with E-state index in [9.17, 15) is 4.79 Å². The molecule has 0 aliphatic rings. The SMILES string of the molecule is C=C/C=C\C(=C)C(CCC)CCC(CC)CC(=O)OC. The molecule has 0 fully saturated rings. The Morgan fingerprint density at radius 3 is 2.45 bits per heavy atom. The monoisotopic (exact) mass is 278 g/mol. The molecule has 0 rings (SSSR count). The van der Waals surface area contributed by atoms with Gasteiger partial charge in [0, 0.05) is 6.42 Å². The molecule has 2 atom stereocenters. The fourth-order valence-corrected chi connectivity index (χ4v) is 2.40. The van der Waals surface area contributed by atoms with Gasteiger partial charge in [-0.15, -0.1) is 0 Å². The van der Waals surface area contributed by atoms with Crippen LogP contribution < -0.4 is 0 Å². The summed E-state index contributed by atoms with van der Waals surface area (Å²) in [5, 5.41) is 0. The molecule has 0 aromatic carbocycles. The lowest BCUT2D eigenvalue weighted by atomic mass is 9.86. The first kappa shape index (κ1) is 18.7. The highest BCUT2D eigenvalue weighted by Crippen LogP contribution is 2.27. The lowest BCUT2D eigenvalue weighted by Gasteiger charge is -2.20. The van der Waals surface area contributed by atoms with Crippen LogP contribution in [0, 0.1) is 11.8 Å². The van der Waals surface area contributed by atoms with Gasteiger partial charge in [-0.1, -0.05) is 63.6 Å². The molecule has 0 aliphatic carbocycles. The van der Waals surface area contributed by atoms with E-state index < -0.39 is 0 Å². The highest BCUT2D eigenvalue weighted by Gasteiger charge is 2.16. The Labute approximate surface area is 124 Å². The molecule has 0 heterocycles. The van der Waals surface area contributed by atoms with Crippen molar-refractivity contribution in [3.63, 3.8) is 0 Å². The van der Waals surface area contributed by atoms with E-state index >= 15 is 0 Å². The number of ether oxygens (including phenoxy) is 1. The van der Waals surface area contributed by atoms with Crippen molar-refractivity contribution in [2.75, 3.05) is 7.11 Å². The Balaban J connectivity index is 4.43. The van der Waals surface area contributed by atoms with Gasteiger partial charge in [-0.05, 0) is 31.1 Å². The van der Waals surface area contributed by atoms with Crippen LogP contribution in [0.1, 0.15) is 52.4 Å². The van der Waals surface area contributed by atoms with Crippen LogP contribution in [0.2, 0.25) is 0 Å². The number of carbonyl (C=O) groups is 1. The molecule has 0 aromatic heterocycles. The van der Waals surface area contributed by atoms with Gasteiger partial charge < -0.3 is 4.74 Å². The fraction of sp³-hybridized carbons (Fsp3) is 0.611. The summed E-state index contributed by atoms with van der Waals surface area (Å²) < 4.78 is 4.76. The van der Waals surface area contributed by atoms with Gasteiger partial charge in [0.15, 0.2) is 0 Å². The van der Waals surface area contributed by atoms with Crippen molar-refractivity contribution in [2.24, 2.45) is 11.8 Å². The van der Waals surface area contributed by atoms with Crippen molar-refractivity contribution < 1.29 is 9.53 Å². The summed E-state index contributed by atoms with van der Waals surface area (Å²) in [6, 6.07) is 0. The molecular weight excluding hydrogens is 248 g/mol. The van der Waals surface area contributed by atoms with Crippen LogP contribution in [0.4, 0.5) is 0 Å². The predicted molar refractivity (Wildman–Crippen MR) is 86.5 cm³/mol. The molecule has 2 nitrogen and oxygen atoms in total. The van der Waals surface area contributed by atoms with Gasteiger partial charge in [0.05, 0.1) is 7.11 Å². The second-order valence-electron chi connectivity index (χ2n) is 5.29. The molecule has 114 valence electrons. The molecule has 2 heteroatoms. The third-order valence-electron chi connectivity index (χ3n) is 3.79. The Hall–Kier alpha value is -1.31. The lowest BCUT2D eigenvalue weighted by molar-refractivity contribution is -0.141. The average Bonchev–Trinajstić information content (AvgIpc) is 2.46. The zero-order valence-electron chi connectivity index (χ0n) is 13.4. The van der Waals surface area contributed by atoms with Crippen molar-refractivity contribution in [3.05, 3.63) is 37.0 Å². The third-order valence-corrected chi connectivity index (χ3v) is 3.79. The van der Waals surface area contributed by atoms with Gasteiger partial charge in [0.25, 0.3) is 0 Å². The van der Waals surface area contributed by atoms with Crippen LogP contribution >= 0.6 is 0 Å². The van der Waals surface area contributed by atoms with Gasteiger partial charge in [-0.2, -0.15) is 0 Å². The maximum atomic E-state index is 11.4. The van der Waals surface area contributed by atoms with Crippen LogP contribution in [0.5, 0.6) is 0 Å². The molecule has 0 aliphatic heterocycles. The molecule has 0 saturated heterocycles. The predicted octanol–water partition coefficient (Wildman–Crippen LogP) is 5.07. The molecule has 0 radical (unpaired) electrons. The minimum absolute atomic E-state index is 0.103. The van der Waals surface area contributed by atoms with Crippen molar-refractivity contribution in [1.82, 2.24) is 0 Å². The summed E-state index contributed by atoms with van der Waals surface area (Å²) >= 11 is 0. The second-order valence-corrected chi connectivity index (χ2v) is 5.29. The first-order valence-corrected chi connectivity index (χ1v) is 7.63. The largest absolute Gasteiger partial charge is 0.469 e. The van der Waals surface area contributed by atoms with Crippen LogP contribution in [0.15, 0.2) is 37.0 Å². The van der Waals surface area contributed by atoms with Crippen LogP contribution in [-0.2, 0) is 9.53 Å². The molecule has 0 saturated carbocycles. The van der Waals surface area contributed by atoms with E-state index in [2.05, 4.69) is 33.1 Å². The van der Waals surface area contributed by atoms with Crippen molar-refractivity contribution in [3.8, 4) is 0 Å². The smallest absolute Gasteiger partial charge is 0.305 e. The maximum absolute atomic E-state index is 11.4. The van der Waals surface area contributed by atoms with Crippen LogP contribution in [0.25, 0.3) is 0 Å². The molecule has 0 bridgehead atoms. The van der Waals surface area contributed by atoms with Gasteiger partial charge in [0.2, 0.25) is 0 Å². The quantitative estimate of drug-likeness (QED) is 0.389. The molecule has 2 unspecified atom stereocenters. The number of methoxy groups -OCH3 is 1. The number of hydrogen-bond acceptors (Lipinski definition) is 2. The summed E-state index contributed by atoms with van der Waals surface area (Å²) in [6.07, 6.45) is 11.8. The Morgan fingerprint density at radius 2 is 1.95 bits per heavy atom. The summed E-state index contributed by atoms with van der Waals surface area (Å²) in [5.74, 6) is 0.815. The highest BCUT2D eigenvalue weighted by atomic mass is 16.5. The van der Waals surface area contributed by atoms with E-state index in [4.69, 9.17) is 4.74 Å². The third kappa shape index (κ3) is 7.98. The highest BCUT2D eigenvalue weighted by molar-refractivity contribution is 5.69. The van der Waals surface area contributed by atoms with E-state index in [0.29, 0.717) is 18.3 Å². The average molecular weight is 278 g/mol. The van der Waals surface area contributed by atoms with E-state index in [1.54, 1.807) is 6.08 Å². The normalized spacial score (nSPS) is 13.9. The van der Waals surface area contributed by atoms with Crippen LogP contribution in [-0.4, -0.2) is 13.1 Å². The van der Waals surface area contributed by atoms with Crippen molar-refractivity contribution in [2.45, 2.75) is 52.4 Å². The first-order chi connectivity index (χ1) is 9.58. The van der Waals surface area contributed by atoms with Crippen molar-refractivity contribution >= 4 is 5.97 Å². The maximum Gasteiger partial charge on any atom is 0.305 e. The summed E-state index contributed by atoms with van der Waals surface area (Å²) in [5.41, 5.74) is 1.17. The molecule has 0 aromatic rings. The number of allylic oxidation sites excluding steroid dienone is 4. The van der Waals surface area contributed by atoms with Gasteiger partial charge in [0.1, 0.15) is 0 Å². The molecule has 0 amide bonds. The first-order valence-electron chi connectivity index (χ1n) is 7.63. The molecule has 0 spiro atoms. The Kier molecular flexibility index (Phi) is 10.8. The summed E-state index contributed by atoms with van der Waals surface area (Å²) in [4.78, 5) is 11.4. The van der Waals surface area contributed by atoms with E-state index in [1.807, 2.05) is 6.08 Å². The summed E-state index contributed by atoms with van der Waals surface area (Å²) in [6.45, 7) is 12.2. The minimum atomic E-state index is -0.103. The lowest BCUT2D eigenvalue weighted by Crippen LogP contribution is -2.12. The van der Waals surface area contributed by atoms with Crippen molar-refractivity contribution in [1.29, 1.82) is 0 Å². The molecule has 0 N–H and O–H groups in total. The van der Waals surface area contributed by atoms with E-state index in [1.165, 1.54) is 12.7 Å². The fourth-order valence-electron chi connectivity index (χ4n) is 2.40. The molecule has 20 heavy (non-hydrogen) atoms. The minimum Gasteiger partial charge on any atom is -0.469 e. The number of hydrogen-bond donors (Lipinski definition) is 0. The standard InChI is InChI=1S/C18H30O2/c1-6-9-11-15(4)17(10-7-2)13-12-16(8-3)14-18(19)20-5/h6,9,11,16-17H,1,4,7-8,10,12-14H2,2-3,5H3/b11-9-. The van der Waals surface area contributed by atoms with Gasteiger partial charge in [-0.25, -0.2) is 0 Å². The van der Waals surface area contributed by atoms with Gasteiger partial charge in [-0.3, -0.25) is 4.79 Å². The zero-order valence-corrected chi connectivity index (χ0v) is 13.4. The van der Waals surface area contributed by atoms with Crippen LogP contribution in [0.3, 0.4) is 0 Å². The number of carbonyl (C=O) groups excluding carboxylic acids is 1. The van der Waals surface area contributed by atoms with E-state index in [-0.39, 0.29) is 5.97 Å². The zero-order chi connectivity index (χ0) is 15.4.